The predicted octanol–water partition coefficient (Wildman–Crippen LogP) is 2.21. The van der Waals surface area contributed by atoms with E-state index in [9.17, 15) is 5.11 Å². The van der Waals surface area contributed by atoms with Gasteiger partial charge in [-0.15, -0.1) is 0 Å². The molecule has 0 aromatic heterocycles. The Morgan fingerprint density at radius 2 is 1.81 bits per heavy atom. The molecule has 1 aromatic carbocycles. The molecule has 1 heterocycles. The largest absolute Gasteiger partial charge is 0.501 e. The summed E-state index contributed by atoms with van der Waals surface area (Å²) in [6.45, 7) is 0.784. The Bertz CT molecular complexity index is 409. The van der Waals surface area contributed by atoms with Crippen molar-refractivity contribution in [1.82, 2.24) is 0 Å². The van der Waals surface area contributed by atoms with Crippen molar-refractivity contribution in [3.05, 3.63) is 47.2 Å². The van der Waals surface area contributed by atoms with Gasteiger partial charge in [0.15, 0.2) is 0 Å². The molecule has 0 atom stereocenters. The molecule has 0 saturated heterocycles. The van der Waals surface area contributed by atoms with E-state index >= 15 is 0 Å². The molecule has 0 saturated carbocycles. The highest BCUT2D eigenvalue weighted by Gasteiger charge is 2.38. The summed E-state index contributed by atoms with van der Waals surface area (Å²) >= 11 is 0. The topological polar surface area (TPSA) is 29.5 Å². The molecule has 0 radical (unpaired) electrons. The number of benzene rings is 1. The van der Waals surface area contributed by atoms with Gasteiger partial charge in [-0.3, -0.25) is 0 Å². The lowest BCUT2D eigenvalue weighted by Crippen LogP contribution is -2.33. The molecule has 0 spiro atoms. The number of aliphatic hydroxyl groups is 1. The molecule has 1 aromatic rings. The lowest BCUT2D eigenvalue weighted by Gasteiger charge is -2.28. The second-order valence-electron chi connectivity index (χ2n) is 4.77. The summed E-state index contributed by atoms with van der Waals surface area (Å²) < 4.78 is 5.34. The molecule has 3 rings (SSSR count). The molecule has 0 bridgehead atoms. The first-order valence-corrected chi connectivity index (χ1v) is 5.88. The summed E-state index contributed by atoms with van der Waals surface area (Å²) in [6.07, 6.45) is 5.22. The van der Waals surface area contributed by atoms with E-state index in [1.54, 1.807) is 6.26 Å². The monoisotopic (exact) mass is 216 g/mol. The Morgan fingerprint density at radius 3 is 2.38 bits per heavy atom. The van der Waals surface area contributed by atoms with Gasteiger partial charge in [-0.05, 0) is 29.5 Å². The van der Waals surface area contributed by atoms with Crippen LogP contribution in [0, 0.1) is 0 Å². The zero-order valence-corrected chi connectivity index (χ0v) is 9.28. The Kier molecular flexibility index (Phi) is 2.25. The first-order chi connectivity index (χ1) is 7.78. The third-order valence-corrected chi connectivity index (χ3v) is 3.62. The van der Waals surface area contributed by atoms with E-state index in [0.29, 0.717) is 0 Å². The van der Waals surface area contributed by atoms with Crippen molar-refractivity contribution in [3.8, 4) is 0 Å². The van der Waals surface area contributed by atoms with Crippen LogP contribution >= 0.6 is 0 Å². The van der Waals surface area contributed by atoms with Gasteiger partial charge in [0.05, 0.1) is 18.5 Å². The van der Waals surface area contributed by atoms with Crippen LogP contribution < -0.4 is 0 Å². The van der Waals surface area contributed by atoms with Gasteiger partial charge in [-0.1, -0.05) is 24.3 Å². The average molecular weight is 216 g/mol. The van der Waals surface area contributed by atoms with Gasteiger partial charge < -0.3 is 9.84 Å². The van der Waals surface area contributed by atoms with Gasteiger partial charge >= 0.3 is 0 Å². The molecular formula is C14H16O2. The highest BCUT2D eigenvalue weighted by Crippen LogP contribution is 2.37. The van der Waals surface area contributed by atoms with E-state index in [1.807, 2.05) is 12.1 Å². The maximum absolute atomic E-state index is 10.7. The Labute approximate surface area is 95.6 Å². The fourth-order valence-corrected chi connectivity index (χ4v) is 2.73. The molecule has 0 amide bonds. The van der Waals surface area contributed by atoms with Gasteiger partial charge in [0.1, 0.15) is 0 Å². The number of rotatable bonds is 1. The van der Waals surface area contributed by atoms with E-state index in [-0.39, 0.29) is 0 Å². The van der Waals surface area contributed by atoms with Crippen LogP contribution in [-0.4, -0.2) is 17.3 Å². The van der Waals surface area contributed by atoms with Crippen molar-refractivity contribution >= 4 is 0 Å². The molecule has 84 valence electrons. The van der Waals surface area contributed by atoms with Crippen molar-refractivity contribution in [3.63, 3.8) is 0 Å². The van der Waals surface area contributed by atoms with Crippen molar-refractivity contribution < 1.29 is 9.84 Å². The minimum absolute atomic E-state index is 0.690. The SMILES string of the molecule is OC1(C2=COCCC2)Cc2ccccc2C1. The van der Waals surface area contributed by atoms with Crippen LogP contribution in [0.1, 0.15) is 24.0 Å². The number of hydrogen-bond acceptors (Lipinski definition) is 2. The number of hydrogen-bond donors (Lipinski definition) is 1. The van der Waals surface area contributed by atoms with Crippen LogP contribution in [0.2, 0.25) is 0 Å². The normalized spacial score (nSPS) is 22.2. The Morgan fingerprint density at radius 1 is 1.12 bits per heavy atom. The highest BCUT2D eigenvalue weighted by atomic mass is 16.5. The van der Waals surface area contributed by atoms with Crippen molar-refractivity contribution in [2.75, 3.05) is 6.61 Å². The van der Waals surface area contributed by atoms with E-state index < -0.39 is 5.60 Å². The molecule has 2 nitrogen and oxygen atoms in total. The molecule has 2 heteroatoms. The molecule has 16 heavy (non-hydrogen) atoms. The van der Waals surface area contributed by atoms with Crippen LogP contribution in [0.15, 0.2) is 36.1 Å². The maximum atomic E-state index is 10.7. The molecule has 0 fully saturated rings. The molecule has 1 aliphatic heterocycles. The first kappa shape index (κ1) is 9.91. The minimum atomic E-state index is -0.690. The zero-order chi connectivity index (χ0) is 11.0. The molecule has 0 unspecified atom stereocenters. The van der Waals surface area contributed by atoms with Gasteiger partial charge in [0, 0.05) is 12.8 Å². The minimum Gasteiger partial charge on any atom is -0.501 e. The highest BCUT2D eigenvalue weighted by molar-refractivity contribution is 5.40. The van der Waals surface area contributed by atoms with E-state index in [2.05, 4.69) is 12.1 Å². The maximum Gasteiger partial charge on any atom is 0.0969 e. The fourth-order valence-electron chi connectivity index (χ4n) is 2.73. The second kappa shape index (κ2) is 3.63. The third kappa shape index (κ3) is 1.54. The van der Waals surface area contributed by atoms with Gasteiger partial charge in [-0.2, -0.15) is 0 Å². The number of ether oxygens (including phenoxy) is 1. The van der Waals surface area contributed by atoms with Crippen molar-refractivity contribution in [2.24, 2.45) is 0 Å². The first-order valence-electron chi connectivity index (χ1n) is 5.88. The van der Waals surface area contributed by atoms with E-state index in [4.69, 9.17) is 4.74 Å². The standard InChI is InChI=1S/C14H16O2/c15-14(13-6-3-7-16-10-13)8-11-4-1-2-5-12(11)9-14/h1-2,4-5,10,15H,3,6-9H2. The fraction of sp³-hybridized carbons (Fsp3) is 0.429. The lowest BCUT2D eigenvalue weighted by atomic mass is 9.88. The van der Waals surface area contributed by atoms with Crippen LogP contribution in [-0.2, 0) is 17.6 Å². The summed E-state index contributed by atoms with van der Waals surface area (Å²) in [6, 6.07) is 8.29. The number of fused-ring (bicyclic) bond motifs is 1. The van der Waals surface area contributed by atoms with Gasteiger partial charge in [0.2, 0.25) is 0 Å². The molecular weight excluding hydrogens is 200 g/mol. The molecule has 2 aliphatic rings. The predicted molar refractivity (Wildman–Crippen MR) is 62.1 cm³/mol. The summed E-state index contributed by atoms with van der Waals surface area (Å²) in [4.78, 5) is 0. The van der Waals surface area contributed by atoms with Gasteiger partial charge in [0.25, 0.3) is 0 Å². The van der Waals surface area contributed by atoms with Crippen LogP contribution in [0.3, 0.4) is 0 Å². The smallest absolute Gasteiger partial charge is 0.0969 e. The Hall–Kier alpha value is -1.28. The van der Waals surface area contributed by atoms with Crippen LogP contribution in [0.25, 0.3) is 0 Å². The summed E-state index contributed by atoms with van der Waals surface area (Å²) in [5, 5.41) is 10.7. The third-order valence-electron chi connectivity index (χ3n) is 3.62. The summed E-state index contributed by atoms with van der Waals surface area (Å²) in [5.41, 5.74) is 2.92. The average Bonchev–Trinajstić information content (AvgIpc) is 2.68. The molecule has 1 N–H and O–H groups in total. The summed E-state index contributed by atoms with van der Waals surface area (Å²) in [7, 11) is 0. The van der Waals surface area contributed by atoms with E-state index in [1.165, 1.54) is 11.1 Å². The van der Waals surface area contributed by atoms with Crippen molar-refractivity contribution in [2.45, 2.75) is 31.3 Å². The van der Waals surface area contributed by atoms with Crippen molar-refractivity contribution in [1.29, 1.82) is 0 Å². The van der Waals surface area contributed by atoms with E-state index in [0.717, 1.165) is 37.9 Å². The second-order valence-corrected chi connectivity index (χ2v) is 4.77. The quantitative estimate of drug-likeness (QED) is 0.780. The lowest BCUT2D eigenvalue weighted by molar-refractivity contribution is 0.0726. The van der Waals surface area contributed by atoms with Crippen LogP contribution in [0.4, 0.5) is 0 Å². The zero-order valence-electron chi connectivity index (χ0n) is 9.28. The van der Waals surface area contributed by atoms with Crippen LogP contribution in [0.5, 0.6) is 0 Å². The summed E-state index contributed by atoms with van der Waals surface area (Å²) in [5.74, 6) is 0. The van der Waals surface area contributed by atoms with Gasteiger partial charge in [-0.25, -0.2) is 0 Å². The molecule has 1 aliphatic carbocycles. The Balaban J connectivity index is 1.90.